The van der Waals surface area contributed by atoms with Gasteiger partial charge in [-0.25, -0.2) is 13.2 Å². The molecule has 0 saturated heterocycles. The first-order chi connectivity index (χ1) is 8.34. The molecule has 5 nitrogen and oxygen atoms in total. The van der Waals surface area contributed by atoms with Crippen molar-refractivity contribution in [1.29, 1.82) is 0 Å². The van der Waals surface area contributed by atoms with Crippen molar-refractivity contribution in [3.63, 3.8) is 0 Å². The van der Waals surface area contributed by atoms with Crippen LogP contribution in [0.2, 0.25) is 0 Å². The third-order valence-electron chi connectivity index (χ3n) is 2.78. The minimum atomic E-state index is -3.59. The molecule has 1 aromatic heterocycles. The first kappa shape index (κ1) is 15.1. The minimum absolute atomic E-state index is 0.0128. The van der Waals surface area contributed by atoms with E-state index in [9.17, 15) is 13.2 Å². The number of hydrogen-bond donors (Lipinski definition) is 1. The highest BCUT2D eigenvalue weighted by molar-refractivity contribution is 7.91. The van der Waals surface area contributed by atoms with Crippen molar-refractivity contribution in [3.05, 3.63) is 17.0 Å². The van der Waals surface area contributed by atoms with Gasteiger partial charge in [-0.1, -0.05) is 13.8 Å². The van der Waals surface area contributed by atoms with Crippen LogP contribution in [0.15, 0.2) is 15.7 Å². The van der Waals surface area contributed by atoms with Crippen LogP contribution in [0.25, 0.3) is 0 Å². The second kappa shape index (κ2) is 5.81. The number of carbonyl (C=O) groups is 1. The zero-order valence-corrected chi connectivity index (χ0v) is 12.2. The lowest BCUT2D eigenvalue weighted by Gasteiger charge is -2.25. The summed E-state index contributed by atoms with van der Waals surface area (Å²) in [5, 5.41) is 10.2. The largest absolute Gasteiger partial charge is 0.478 e. The van der Waals surface area contributed by atoms with Gasteiger partial charge < -0.3 is 5.11 Å². The molecule has 0 aromatic carbocycles. The molecule has 1 heterocycles. The van der Waals surface area contributed by atoms with Gasteiger partial charge in [0.2, 0.25) is 0 Å². The molecule has 0 saturated carbocycles. The van der Waals surface area contributed by atoms with E-state index < -0.39 is 16.0 Å². The Morgan fingerprint density at radius 2 is 2.11 bits per heavy atom. The van der Waals surface area contributed by atoms with Gasteiger partial charge >= 0.3 is 5.97 Å². The molecule has 102 valence electrons. The van der Waals surface area contributed by atoms with Gasteiger partial charge in [-0.15, -0.1) is 11.3 Å². The summed E-state index contributed by atoms with van der Waals surface area (Å²) in [5.74, 6) is -1.11. The lowest BCUT2D eigenvalue weighted by molar-refractivity contribution is 0.0697. The second-order valence-corrected chi connectivity index (χ2v) is 6.95. The van der Waals surface area contributed by atoms with Crippen molar-refractivity contribution in [2.45, 2.75) is 37.4 Å². The SMILES string of the molecule is CCC(C)N(CC)S(=O)(=O)c1cc(C(=O)O)cs1. The second-order valence-electron chi connectivity index (χ2n) is 3.93. The van der Waals surface area contributed by atoms with Gasteiger partial charge in [0.15, 0.2) is 0 Å². The topological polar surface area (TPSA) is 74.7 Å². The molecular weight excluding hydrogens is 274 g/mol. The molecule has 1 aromatic rings. The highest BCUT2D eigenvalue weighted by Gasteiger charge is 2.28. The average molecular weight is 291 g/mol. The lowest BCUT2D eigenvalue weighted by atomic mass is 10.3. The van der Waals surface area contributed by atoms with Gasteiger partial charge in [-0.3, -0.25) is 0 Å². The van der Waals surface area contributed by atoms with Gasteiger partial charge in [0.05, 0.1) is 5.56 Å². The van der Waals surface area contributed by atoms with Crippen LogP contribution in [0.3, 0.4) is 0 Å². The molecule has 0 aliphatic rings. The van der Waals surface area contributed by atoms with Crippen molar-refractivity contribution in [1.82, 2.24) is 4.31 Å². The van der Waals surface area contributed by atoms with Crippen molar-refractivity contribution >= 4 is 27.3 Å². The number of nitrogens with zero attached hydrogens (tertiary/aromatic N) is 1. The van der Waals surface area contributed by atoms with Crippen molar-refractivity contribution in [2.75, 3.05) is 6.54 Å². The number of aromatic carboxylic acids is 1. The summed E-state index contributed by atoms with van der Waals surface area (Å²) in [6.45, 7) is 5.90. The van der Waals surface area contributed by atoms with E-state index in [-0.39, 0.29) is 15.8 Å². The maximum atomic E-state index is 12.3. The van der Waals surface area contributed by atoms with Crippen molar-refractivity contribution < 1.29 is 18.3 Å². The van der Waals surface area contributed by atoms with Gasteiger partial charge in [-0.05, 0) is 19.4 Å². The van der Waals surface area contributed by atoms with Crippen LogP contribution in [0, 0.1) is 0 Å². The Balaban J connectivity index is 3.14. The maximum Gasteiger partial charge on any atom is 0.336 e. The summed E-state index contributed by atoms with van der Waals surface area (Å²) < 4.78 is 26.2. The third kappa shape index (κ3) is 2.90. The molecule has 1 atom stereocenters. The van der Waals surface area contributed by atoms with Crippen LogP contribution in [0.4, 0.5) is 0 Å². The standard InChI is InChI=1S/C11H17NO4S2/c1-4-8(3)12(5-2)18(15,16)10-6-9(7-17-10)11(13)14/h6-8H,4-5H2,1-3H3,(H,13,14). The van der Waals surface area contributed by atoms with E-state index in [0.717, 1.165) is 11.3 Å². The van der Waals surface area contributed by atoms with Crippen LogP contribution in [-0.2, 0) is 10.0 Å². The van der Waals surface area contributed by atoms with Crippen molar-refractivity contribution in [3.8, 4) is 0 Å². The molecule has 0 aliphatic heterocycles. The lowest BCUT2D eigenvalue weighted by Crippen LogP contribution is -2.37. The number of sulfonamides is 1. The smallest absolute Gasteiger partial charge is 0.336 e. The Morgan fingerprint density at radius 1 is 1.50 bits per heavy atom. The summed E-state index contributed by atoms with van der Waals surface area (Å²) in [6.07, 6.45) is 0.713. The first-order valence-corrected chi connectivity index (χ1v) is 8.00. The monoisotopic (exact) mass is 291 g/mol. The predicted molar refractivity (Wildman–Crippen MR) is 70.6 cm³/mol. The summed E-state index contributed by atoms with van der Waals surface area (Å²) in [5.41, 5.74) is 0.0128. The Kier molecular flexibility index (Phi) is 4.89. The molecular formula is C11H17NO4S2. The molecule has 0 bridgehead atoms. The highest BCUT2D eigenvalue weighted by Crippen LogP contribution is 2.25. The molecule has 0 spiro atoms. The Bertz CT molecular complexity index is 521. The van der Waals surface area contributed by atoms with Crippen molar-refractivity contribution in [2.24, 2.45) is 0 Å². The zero-order valence-electron chi connectivity index (χ0n) is 10.6. The number of carboxylic acids is 1. The number of rotatable bonds is 6. The van der Waals surface area contributed by atoms with Gasteiger partial charge in [0.25, 0.3) is 10.0 Å². The number of carboxylic acid groups (broad SMARTS) is 1. The fourth-order valence-electron chi connectivity index (χ4n) is 1.60. The van der Waals surface area contributed by atoms with Crippen LogP contribution >= 0.6 is 11.3 Å². The third-order valence-corrected chi connectivity index (χ3v) is 6.28. The maximum absolute atomic E-state index is 12.3. The summed E-state index contributed by atoms with van der Waals surface area (Å²) in [6, 6.07) is 1.11. The molecule has 1 rings (SSSR count). The summed E-state index contributed by atoms with van der Waals surface area (Å²) in [7, 11) is -3.59. The zero-order chi connectivity index (χ0) is 13.9. The van der Waals surface area contributed by atoms with Gasteiger partial charge in [0.1, 0.15) is 4.21 Å². The van der Waals surface area contributed by atoms with E-state index >= 15 is 0 Å². The normalized spacial score (nSPS) is 13.8. The Morgan fingerprint density at radius 3 is 2.50 bits per heavy atom. The Labute approximate surface area is 111 Å². The molecule has 1 unspecified atom stereocenters. The fourth-order valence-corrected chi connectivity index (χ4v) is 4.60. The van der Waals surface area contributed by atoms with E-state index in [4.69, 9.17) is 5.11 Å². The molecule has 0 fully saturated rings. The summed E-state index contributed by atoms with van der Waals surface area (Å²) in [4.78, 5) is 10.8. The molecule has 1 N–H and O–H groups in total. The van der Waals surface area contributed by atoms with Crippen LogP contribution in [0.5, 0.6) is 0 Å². The van der Waals surface area contributed by atoms with E-state index in [0.29, 0.717) is 13.0 Å². The predicted octanol–water partition coefficient (Wildman–Crippen LogP) is 2.26. The minimum Gasteiger partial charge on any atom is -0.478 e. The van der Waals surface area contributed by atoms with Crippen LogP contribution < -0.4 is 0 Å². The molecule has 18 heavy (non-hydrogen) atoms. The fraction of sp³-hybridized carbons (Fsp3) is 0.545. The number of thiophene rings is 1. The summed E-state index contributed by atoms with van der Waals surface area (Å²) >= 11 is 0.946. The van der Waals surface area contributed by atoms with Crippen LogP contribution in [-0.4, -0.2) is 36.4 Å². The number of hydrogen-bond acceptors (Lipinski definition) is 4. The molecule has 0 radical (unpaired) electrons. The first-order valence-electron chi connectivity index (χ1n) is 5.68. The van der Waals surface area contributed by atoms with Gasteiger partial charge in [0, 0.05) is 18.0 Å². The molecule has 0 amide bonds. The Hall–Kier alpha value is -0.920. The quantitative estimate of drug-likeness (QED) is 0.872. The van der Waals surface area contributed by atoms with Gasteiger partial charge in [-0.2, -0.15) is 4.31 Å². The van der Waals surface area contributed by atoms with E-state index in [1.54, 1.807) is 6.92 Å². The molecule has 7 heteroatoms. The molecule has 0 aliphatic carbocycles. The van der Waals surface area contributed by atoms with E-state index in [2.05, 4.69) is 0 Å². The van der Waals surface area contributed by atoms with E-state index in [1.807, 2.05) is 13.8 Å². The average Bonchev–Trinajstić information content (AvgIpc) is 2.79. The van der Waals surface area contributed by atoms with Crippen LogP contribution in [0.1, 0.15) is 37.6 Å². The highest BCUT2D eigenvalue weighted by atomic mass is 32.2. The van der Waals surface area contributed by atoms with E-state index in [1.165, 1.54) is 15.8 Å².